The van der Waals surface area contributed by atoms with E-state index in [1.165, 1.54) is 0 Å². The highest BCUT2D eigenvalue weighted by atomic mass is 19.4. The quantitative estimate of drug-likeness (QED) is 0.851. The molecule has 6 heteroatoms. The molecule has 0 aliphatic carbocycles. The van der Waals surface area contributed by atoms with E-state index in [1.54, 1.807) is 25.1 Å². The van der Waals surface area contributed by atoms with Gasteiger partial charge in [0.2, 0.25) is 0 Å². The Kier molecular flexibility index (Phi) is 2.80. The predicted molar refractivity (Wildman–Crippen MR) is 62.5 cm³/mol. The van der Waals surface area contributed by atoms with Gasteiger partial charge in [0.05, 0.1) is 5.69 Å². The molecule has 0 atom stereocenters. The predicted octanol–water partition coefficient (Wildman–Crippen LogP) is 3.09. The number of rotatable bonds is 1. The van der Waals surface area contributed by atoms with Gasteiger partial charge in [0, 0.05) is 6.07 Å². The highest BCUT2D eigenvalue weighted by molar-refractivity contribution is 5.46. The Hall–Kier alpha value is -1.98. The van der Waals surface area contributed by atoms with Crippen LogP contribution in [0.5, 0.6) is 0 Å². The van der Waals surface area contributed by atoms with Gasteiger partial charge in [0.1, 0.15) is 11.5 Å². The Morgan fingerprint density at radius 3 is 2.39 bits per heavy atom. The van der Waals surface area contributed by atoms with Gasteiger partial charge >= 0.3 is 6.18 Å². The fraction of sp³-hybridized carbons (Fsp3) is 0.250. The summed E-state index contributed by atoms with van der Waals surface area (Å²) in [4.78, 5) is 0. The van der Waals surface area contributed by atoms with Gasteiger partial charge in [0.25, 0.3) is 0 Å². The van der Waals surface area contributed by atoms with E-state index in [-0.39, 0.29) is 5.82 Å². The molecule has 1 aromatic heterocycles. The number of nitrogen functional groups attached to an aromatic ring is 1. The van der Waals surface area contributed by atoms with Crippen LogP contribution in [0, 0.1) is 13.8 Å². The molecule has 2 rings (SSSR count). The lowest BCUT2D eigenvalue weighted by molar-refractivity contribution is -0.142. The fourth-order valence-corrected chi connectivity index (χ4v) is 1.83. The molecule has 0 aliphatic heterocycles. The molecule has 0 amide bonds. The molecule has 1 aromatic carbocycles. The first-order chi connectivity index (χ1) is 8.29. The molecule has 1 heterocycles. The second-order valence-corrected chi connectivity index (χ2v) is 4.15. The van der Waals surface area contributed by atoms with Crippen LogP contribution in [-0.2, 0) is 6.18 Å². The summed E-state index contributed by atoms with van der Waals surface area (Å²) in [5.41, 5.74) is 6.56. The molecule has 0 saturated heterocycles. The molecule has 0 saturated carbocycles. The molecule has 0 radical (unpaired) electrons. The van der Waals surface area contributed by atoms with Crippen LogP contribution in [0.3, 0.4) is 0 Å². The van der Waals surface area contributed by atoms with Gasteiger partial charge in [-0.3, -0.25) is 0 Å². The van der Waals surface area contributed by atoms with E-state index in [0.29, 0.717) is 11.3 Å². The Labute approximate surface area is 102 Å². The van der Waals surface area contributed by atoms with Crippen LogP contribution < -0.4 is 5.73 Å². The third-order valence-corrected chi connectivity index (χ3v) is 2.60. The van der Waals surface area contributed by atoms with Gasteiger partial charge in [0.15, 0.2) is 0 Å². The number of benzene rings is 1. The van der Waals surface area contributed by atoms with Crippen molar-refractivity contribution in [1.82, 2.24) is 9.78 Å². The average molecular weight is 255 g/mol. The van der Waals surface area contributed by atoms with Crippen molar-refractivity contribution in [3.05, 3.63) is 41.1 Å². The van der Waals surface area contributed by atoms with Crippen molar-refractivity contribution >= 4 is 5.82 Å². The topological polar surface area (TPSA) is 43.8 Å². The lowest BCUT2D eigenvalue weighted by Gasteiger charge is -2.12. The third kappa shape index (κ3) is 2.18. The minimum Gasteiger partial charge on any atom is -0.382 e. The number of anilines is 1. The number of nitrogens with zero attached hydrogens (tertiary/aromatic N) is 2. The van der Waals surface area contributed by atoms with Crippen molar-refractivity contribution in [2.75, 3.05) is 5.73 Å². The zero-order valence-corrected chi connectivity index (χ0v) is 9.92. The molecular weight excluding hydrogens is 243 g/mol. The van der Waals surface area contributed by atoms with Crippen molar-refractivity contribution in [2.45, 2.75) is 20.0 Å². The summed E-state index contributed by atoms with van der Waals surface area (Å²) in [6.07, 6.45) is -4.48. The molecule has 0 unspecified atom stereocenters. The maximum atomic E-state index is 12.8. The molecular formula is C12H12F3N3. The number of nitrogens with two attached hydrogens (primary N) is 1. The zero-order valence-electron chi connectivity index (χ0n) is 9.92. The number of aryl methyl sites for hydroxylation is 2. The smallest absolute Gasteiger partial charge is 0.382 e. The van der Waals surface area contributed by atoms with E-state index >= 15 is 0 Å². The molecule has 3 nitrogen and oxygen atoms in total. The van der Waals surface area contributed by atoms with Gasteiger partial charge in [-0.15, -0.1) is 0 Å². The minimum absolute atomic E-state index is 0.151. The Morgan fingerprint density at radius 1 is 1.17 bits per heavy atom. The molecule has 2 aromatic rings. The first-order valence-corrected chi connectivity index (χ1v) is 5.29. The zero-order chi connectivity index (χ0) is 13.5. The second-order valence-electron chi connectivity index (χ2n) is 4.15. The number of halogens is 3. The fourth-order valence-electron chi connectivity index (χ4n) is 1.83. The molecule has 0 aliphatic rings. The molecule has 0 fully saturated rings. The van der Waals surface area contributed by atoms with E-state index in [9.17, 15) is 13.2 Å². The molecule has 18 heavy (non-hydrogen) atoms. The van der Waals surface area contributed by atoms with Crippen LogP contribution in [0.25, 0.3) is 5.69 Å². The van der Waals surface area contributed by atoms with Gasteiger partial charge in [-0.2, -0.15) is 18.3 Å². The Balaban J connectivity index is 2.64. The Bertz CT molecular complexity index is 585. The van der Waals surface area contributed by atoms with Crippen molar-refractivity contribution in [3.8, 4) is 5.69 Å². The summed E-state index contributed by atoms with van der Waals surface area (Å²) in [7, 11) is 0. The van der Waals surface area contributed by atoms with Gasteiger partial charge in [-0.25, -0.2) is 4.68 Å². The van der Waals surface area contributed by atoms with Gasteiger partial charge in [-0.05, 0) is 25.5 Å². The standard InChI is InChI=1S/C12H12F3N3/c1-7-3-4-9(8(2)5-7)18-10(12(13,14)15)6-11(16)17-18/h3-6H,1-2H3,(H2,16,17). The summed E-state index contributed by atoms with van der Waals surface area (Å²) in [6, 6.07) is 5.97. The monoisotopic (exact) mass is 255 g/mol. The Morgan fingerprint density at radius 2 is 1.83 bits per heavy atom. The summed E-state index contributed by atoms with van der Waals surface area (Å²) < 4.78 is 39.4. The highest BCUT2D eigenvalue weighted by Gasteiger charge is 2.36. The summed E-state index contributed by atoms with van der Waals surface area (Å²) >= 11 is 0. The minimum atomic E-state index is -4.48. The van der Waals surface area contributed by atoms with E-state index in [0.717, 1.165) is 16.3 Å². The van der Waals surface area contributed by atoms with E-state index in [2.05, 4.69) is 5.10 Å². The van der Waals surface area contributed by atoms with Gasteiger partial charge in [-0.1, -0.05) is 17.7 Å². The molecule has 0 bridgehead atoms. The van der Waals surface area contributed by atoms with Crippen molar-refractivity contribution in [2.24, 2.45) is 0 Å². The molecule has 96 valence electrons. The largest absolute Gasteiger partial charge is 0.433 e. The SMILES string of the molecule is Cc1ccc(-n2nc(N)cc2C(F)(F)F)c(C)c1. The van der Waals surface area contributed by atoms with Crippen LogP contribution in [0.4, 0.5) is 19.0 Å². The van der Waals surface area contributed by atoms with Crippen LogP contribution in [-0.4, -0.2) is 9.78 Å². The average Bonchev–Trinajstić information content (AvgIpc) is 2.59. The third-order valence-electron chi connectivity index (χ3n) is 2.60. The lowest BCUT2D eigenvalue weighted by Crippen LogP contribution is -2.14. The van der Waals surface area contributed by atoms with Crippen LogP contribution in [0.1, 0.15) is 16.8 Å². The maximum Gasteiger partial charge on any atom is 0.433 e. The van der Waals surface area contributed by atoms with Crippen molar-refractivity contribution in [3.63, 3.8) is 0 Å². The van der Waals surface area contributed by atoms with E-state index < -0.39 is 11.9 Å². The first kappa shape index (κ1) is 12.5. The molecule has 0 spiro atoms. The van der Waals surface area contributed by atoms with E-state index in [4.69, 9.17) is 5.73 Å². The summed E-state index contributed by atoms with van der Waals surface area (Å²) in [5.74, 6) is -0.151. The number of hydrogen-bond donors (Lipinski definition) is 1. The molecule has 2 N–H and O–H groups in total. The normalized spacial score (nSPS) is 11.8. The summed E-state index contributed by atoms with van der Waals surface area (Å²) in [6.45, 7) is 3.61. The number of hydrogen-bond acceptors (Lipinski definition) is 2. The van der Waals surface area contributed by atoms with Gasteiger partial charge < -0.3 is 5.73 Å². The second kappa shape index (κ2) is 4.04. The number of aromatic nitrogens is 2. The lowest BCUT2D eigenvalue weighted by atomic mass is 10.1. The van der Waals surface area contributed by atoms with Crippen LogP contribution in [0.2, 0.25) is 0 Å². The first-order valence-electron chi connectivity index (χ1n) is 5.29. The van der Waals surface area contributed by atoms with Crippen molar-refractivity contribution in [1.29, 1.82) is 0 Å². The van der Waals surface area contributed by atoms with E-state index in [1.807, 2.05) is 6.92 Å². The van der Waals surface area contributed by atoms with Crippen molar-refractivity contribution < 1.29 is 13.2 Å². The number of alkyl halides is 3. The van der Waals surface area contributed by atoms with Crippen LogP contribution >= 0.6 is 0 Å². The highest BCUT2D eigenvalue weighted by Crippen LogP contribution is 2.32. The van der Waals surface area contributed by atoms with Crippen LogP contribution in [0.15, 0.2) is 24.3 Å². The maximum absolute atomic E-state index is 12.8. The summed E-state index contributed by atoms with van der Waals surface area (Å²) in [5, 5.41) is 3.71.